The van der Waals surface area contributed by atoms with Crippen molar-refractivity contribution in [2.45, 2.75) is 17.7 Å². The first kappa shape index (κ1) is 15.0. The van der Waals surface area contributed by atoms with Crippen LogP contribution in [0, 0.1) is 0 Å². The van der Waals surface area contributed by atoms with Gasteiger partial charge in [-0.25, -0.2) is 8.42 Å². The molecule has 0 radical (unpaired) electrons. The minimum absolute atomic E-state index is 0.275. The minimum atomic E-state index is -3.60. The van der Waals surface area contributed by atoms with Crippen molar-refractivity contribution in [2.24, 2.45) is 0 Å². The molecule has 0 amide bonds. The van der Waals surface area contributed by atoms with Gasteiger partial charge in [0.15, 0.2) is 0 Å². The third kappa shape index (κ3) is 2.83. The number of rotatable bonds is 3. The smallest absolute Gasteiger partial charge is 0.261 e. The molecule has 0 saturated carbocycles. The molecule has 3 aromatic carbocycles. The highest BCUT2D eigenvalue weighted by atomic mass is 32.2. The summed E-state index contributed by atoms with van der Waals surface area (Å²) in [6.45, 7) is 0.967. The molecule has 122 valence electrons. The van der Waals surface area contributed by atoms with Crippen molar-refractivity contribution in [3.05, 3.63) is 66.2 Å². The lowest BCUT2D eigenvalue weighted by molar-refractivity contribution is 0.601. The number of sulfonamides is 1. The maximum absolute atomic E-state index is 12.7. The molecule has 1 aliphatic rings. The molecule has 4 rings (SSSR count). The summed E-state index contributed by atoms with van der Waals surface area (Å²) in [5.41, 5.74) is 2.85. The van der Waals surface area contributed by atoms with E-state index in [0.29, 0.717) is 5.69 Å². The molecule has 1 aliphatic heterocycles. The van der Waals surface area contributed by atoms with Crippen LogP contribution in [0.25, 0.3) is 10.8 Å². The number of aryl methyl sites for hydroxylation is 1. The van der Waals surface area contributed by atoms with Crippen LogP contribution in [0.1, 0.15) is 12.0 Å². The fraction of sp³-hybridized carbons (Fsp3) is 0.158. The highest BCUT2D eigenvalue weighted by Gasteiger charge is 2.16. The Balaban J connectivity index is 1.67. The second-order valence-corrected chi connectivity index (χ2v) is 7.70. The van der Waals surface area contributed by atoms with Gasteiger partial charge in [-0.1, -0.05) is 30.3 Å². The topological polar surface area (TPSA) is 58.2 Å². The van der Waals surface area contributed by atoms with Crippen molar-refractivity contribution >= 4 is 32.2 Å². The fourth-order valence-corrected chi connectivity index (χ4v) is 4.17. The molecule has 0 spiro atoms. The number of nitrogens with one attached hydrogen (secondary N) is 2. The van der Waals surface area contributed by atoms with Gasteiger partial charge in [-0.2, -0.15) is 0 Å². The van der Waals surface area contributed by atoms with Crippen LogP contribution in [-0.2, 0) is 16.4 Å². The van der Waals surface area contributed by atoms with E-state index in [1.165, 1.54) is 0 Å². The van der Waals surface area contributed by atoms with E-state index in [2.05, 4.69) is 10.0 Å². The number of benzene rings is 3. The molecule has 1 heterocycles. The molecule has 0 unspecified atom stereocenters. The van der Waals surface area contributed by atoms with Crippen LogP contribution in [-0.4, -0.2) is 15.0 Å². The Morgan fingerprint density at radius 3 is 2.62 bits per heavy atom. The highest BCUT2D eigenvalue weighted by Crippen LogP contribution is 2.27. The number of anilines is 2. The maximum Gasteiger partial charge on any atom is 0.261 e. The van der Waals surface area contributed by atoms with Crippen LogP contribution in [0.5, 0.6) is 0 Å². The van der Waals surface area contributed by atoms with Gasteiger partial charge in [-0.05, 0) is 59.5 Å². The van der Waals surface area contributed by atoms with Crippen LogP contribution in [0.3, 0.4) is 0 Å². The molecule has 24 heavy (non-hydrogen) atoms. The van der Waals surface area contributed by atoms with E-state index in [9.17, 15) is 8.42 Å². The standard InChI is InChI=1S/C19H18N2O2S/c22-24(23,18-9-7-14-4-1-2-5-15(14)13-18)21-17-8-10-19-16(12-17)6-3-11-20-19/h1-2,4-5,7-10,12-13,20-21H,3,6,11H2. The molecular weight excluding hydrogens is 320 g/mol. The molecule has 0 aliphatic carbocycles. The highest BCUT2D eigenvalue weighted by molar-refractivity contribution is 7.92. The number of fused-ring (bicyclic) bond motifs is 2. The van der Waals surface area contributed by atoms with E-state index in [1.807, 2.05) is 42.5 Å². The summed E-state index contributed by atoms with van der Waals surface area (Å²) in [6.07, 6.45) is 2.03. The third-order valence-electron chi connectivity index (χ3n) is 4.33. The Morgan fingerprint density at radius 2 is 1.75 bits per heavy atom. The lowest BCUT2D eigenvalue weighted by atomic mass is 10.0. The normalized spacial score (nSPS) is 14.0. The summed E-state index contributed by atoms with van der Waals surface area (Å²) in [7, 11) is -3.60. The first-order valence-electron chi connectivity index (χ1n) is 8.00. The lowest BCUT2D eigenvalue weighted by Gasteiger charge is -2.19. The van der Waals surface area contributed by atoms with Gasteiger partial charge < -0.3 is 5.32 Å². The van der Waals surface area contributed by atoms with Gasteiger partial charge in [0, 0.05) is 17.9 Å². The maximum atomic E-state index is 12.7. The average molecular weight is 338 g/mol. The van der Waals surface area contributed by atoms with Crippen LogP contribution in [0.4, 0.5) is 11.4 Å². The largest absolute Gasteiger partial charge is 0.385 e. The van der Waals surface area contributed by atoms with Crippen molar-refractivity contribution in [3.8, 4) is 0 Å². The van der Waals surface area contributed by atoms with E-state index in [4.69, 9.17) is 0 Å². The summed E-state index contributed by atoms with van der Waals surface area (Å²) >= 11 is 0. The van der Waals surface area contributed by atoms with Crippen molar-refractivity contribution in [3.63, 3.8) is 0 Å². The van der Waals surface area contributed by atoms with Gasteiger partial charge in [-0.15, -0.1) is 0 Å². The van der Waals surface area contributed by atoms with E-state index in [1.54, 1.807) is 18.2 Å². The summed E-state index contributed by atoms with van der Waals surface area (Å²) in [5, 5.41) is 5.26. The second-order valence-electron chi connectivity index (χ2n) is 6.02. The number of hydrogen-bond donors (Lipinski definition) is 2. The second kappa shape index (κ2) is 5.83. The molecule has 0 aromatic heterocycles. The molecular formula is C19H18N2O2S. The Morgan fingerprint density at radius 1 is 0.917 bits per heavy atom. The van der Waals surface area contributed by atoms with E-state index in [-0.39, 0.29) is 4.90 Å². The summed E-state index contributed by atoms with van der Waals surface area (Å²) in [5.74, 6) is 0. The van der Waals surface area contributed by atoms with E-state index in [0.717, 1.165) is 41.4 Å². The molecule has 0 atom stereocenters. The van der Waals surface area contributed by atoms with Crippen LogP contribution < -0.4 is 10.0 Å². The monoisotopic (exact) mass is 338 g/mol. The van der Waals surface area contributed by atoms with Crippen molar-refractivity contribution < 1.29 is 8.42 Å². The first-order chi connectivity index (χ1) is 11.6. The zero-order valence-electron chi connectivity index (χ0n) is 13.1. The van der Waals surface area contributed by atoms with Crippen LogP contribution in [0.15, 0.2) is 65.6 Å². The van der Waals surface area contributed by atoms with Crippen molar-refractivity contribution in [1.29, 1.82) is 0 Å². The fourth-order valence-electron chi connectivity index (χ4n) is 3.09. The predicted molar refractivity (Wildman–Crippen MR) is 98.0 cm³/mol. The van der Waals surface area contributed by atoms with Gasteiger partial charge in [0.1, 0.15) is 0 Å². The van der Waals surface area contributed by atoms with Crippen LogP contribution >= 0.6 is 0 Å². The molecule has 0 fully saturated rings. The molecule has 0 bridgehead atoms. The van der Waals surface area contributed by atoms with E-state index < -0.39 is 10.0 Å². The predicted octanol–water partition coefficient (Wildman–Crippen LogP) is 4.00. The third-order valence-corrected chi connectivity index (χ3v) is 5.71. The Kier molecular flexibility index (Phi) is 3.65. The van der Waals surface area contributed by atoms with Gasteiger partial charge in [0.2, 0.25) is 0 Å². The molecule has 3 aromatic rings. The first-order valence-corrected chi connectivity index (χ1v) is 9.49. The summed E-state index contributed by atoms with van der Waals surface area (Å²) in [6, 6.07) is 18.6. The molecule has 5 heteroatoms. The van der Waals surface area contributed by atoms with Gasteiger partial charge >= 0.3 is 0 Å². The Hall–Kier alpha value is -2.53. The minimum Gasteiger partial charge on any atom is -0.385 e. The zero-order chi connectivity index (χ0) is 16.6. The number of hydrogen-bond acceptors (Lipinski definition) is 3. The summed E-state index contributed by atoms with van der Waals surface area (Å²) < 4.78 is 28.1. The Bertz CT molecular complexity index is 1010. The molecule has 4 nitrogen and oxygen atoms in total. The van der Waals surface area contributed by atoms with Crippen molar-refractivity contribution in [1.82, 2.24) is 0 Å². The Labute approximate surface area is 141 Å². The average Bonchev–Trinajstić information content (AvgIpc) is 2.61. The molecule has 0 saturated heterocycles. The van der Waals surface area contributed by atoms with E-state index >= 15 is 0 Å². The summed E-state index contributed by atoms with van der Waals surface area (Å²) in [4.78, 5) is 0.275. The van der Waals surface area contributed by atoms with Gasteiger partial charge in [0.25, 0.3) is 10.0 Å². The SMILES string of the molecule is O=S(=O)(Nc1ccc2c(c1)CCCN2)c1ccc2ccccc2c1. The zero-order valence-corrected chi connectivity index (χ0v) is 13.9. The lowest BCUT2D eigenvalue weighted by Crippen LogP contribution is -2.15. The van der Waals surface area contributed by atoms with Gasteiger partial charge in [-0.3, -0.25) is 4.72 Å². The van der Waals surface area contributed by atoms with Crippen LogP contribution in [0.2, 0.25) is 0 Å². The van der Waals surface area contributed by atoms with Crippen molar-refractivity contribution in [2.75, 3.05) is 16.6 Å². The molecule has 2 N–H and O–H groups in total. The quantitative estimate of drug-likeness (QED) is 0.759. The van der Waals surface area contributed by atoms with Gasteiger partial charge in [0.05, 0.1) is 4.90 Å².